The molecular formula is C15H19ClN4O2. The van der Waals surface area contributed by atoms with Crippen LogP contribution in [0.3, 0.4) is 0 Å². The van der Waals surface area contributed by atoms with Gasteiger partial charge >= 0.3 is 0 Å². The zero-order chi connectivity index (χ0) is 14.7. The predicted octanol–water partition coefficient (Wildman–Crippen LogP) is 1.74. The number of carbonyl (C=O) groups excluding carboxylic acids is 1. The maximum Gasteiger partial charge on any atom is 0.241 e. The number of ether oxygens (including phenoxy) is 1. The van der Waals surface area contributed by atoms with Crippen molar-refractivity contribution in [2.24, 2.45) is 11.7 Å². The number of hydrogen-bond acceptors (Lipinski definition) is 5. The standard InChI is InChI=1S/C15H18N4O2.ClH/c16-14(10-3-7-21-8-4-10)15(20)19-11-1-2-12-13(9-11)18-6-5-17-12;/h1-2,5-6,9-10,14H,3-4,7-8,16H2,(H,19,20);1H. The van der Waals surface area contributed by atoms with E-state index in [0.29, 0.717) is 18.9 Å². The summed E-state index contributed by atoms with van der Waals surface area (Å²) in [7, 11) is 0. The summed E-state index contributed by atoms with van der Waals surface area (Å²) in [5.74, 6) is 0.0177. The third-order valence-corrected chi connectivity index (χ3v) is 3.81. The van der Waals surface area contributed by atoms with Crippen LogP contribution in [0.25, 0.3) is 11.0 Å². The van der Waals surface area contributed by atoms with Gasteiger partial charge in [-0.3, -0.25) is 14.8 Å². The van der Waals surface area contributed by atoms with Crippen molar-refractivity contribution in [1.29, 1.82) is 0 Å². The van der Waals surface area contributed by atoms with Crippen molar-refractivity contribution in [3.8, 4) is 0 Å². The zero-order valence-electron chi connectivity index (χ0n) is 12.1. The molecule has 22 heavy (non-hydrogen) atoms. The molecule has 0 radical (unpaired) electrons. The highest BCUT2D eigenvalue weighted by atomic mass is 35.5. The summed E-state index contributed by atoms with van der Waals surface area (Å²) in [5.41, 5.74) is 8.29. The number of aromatic nitrogens is 2. The van der Waals surface area contributed by atoms with Crippen molar-refractivity contribution >= 4 is 35.0 Å². The van der Waals surface area contributed by atoms with Crippen LogP contribution in [0.15, 0.2) is 30.6 Å². The predicted molar refractivity (Wildman–Crippen MR) is 86.9 cm³/mol. The van der Waals surface area contributed by atoms with E-state index in [4.69, 9.17) is 10.5 Å². The molecular weight excluding hydrogens is 304 g/mol. The van der Waals surface area contributed by atoms with Gasteiger partial charge in [0.15, 0.2) is 0 Å². The number of amides is 1. The first-order valence-electron chi connectivity index (χ1n) is 7.09. The van der Waals surface area contributed by atoms with Crippen LogP contribution in [0.2, 0.25) is 0 Å². The van der Waals surface area contributed by atoms with Crippen LogP contribution in [0.1, 0.15) is 12.8 Å². The van der Waals surface area contributed by atoms with Crippen molar-refractivity contribution in [3.63, 3.8) is 0 Å². The molecule has 0 bridgehead atoms. The van der Waals surface area contributed by atoms with Gasteiger partial charge in [0.25, 0.3) is 0 Å². The molecule has 1 aliphatic rings. The summed E-state index contributed by atoms with van der Waals surface area (Å²) >= 11 is 0. The average molecular weight is 323 g/mol. The number of benzene rings is 1. The van der Waals surface area contributed by atoms with E-state index in [2.05, 4.69) is 15.3 Å². The molecule has 3 N–H and O–H groups in total. The van der Waals surface area contributed by atoms with Gasteiger partial charge in [-0.05, 0) is 37.0 Å². The third kappa shape index (κ3) is 3.71. The van der Waals surface area contributed by atoms with Crippen molar-refractivity contribution < 1.29 is 9.53 Å². The van der Waals surface area contributed by atoms with Gasteiger partial charge in [-0.25, -0.2) is 0 Å². The molecule has 118 valence electrons. The summed E-state index contributed by atoms with van der Waals surface area (Å²) in [6.45, 7) is 1.36. The van der Waals surface area contributed by atoms with E-state index < -0.39 is 6.04 Å². The lowest BCUT2D eigenvalue weighted by Gasteiger charge is -2.26. The van der Waals surface area contributed by atoms with Crippen molar-refractivity contribution in [2.75, 3.05) is 18.5 Å². The van der Waals surface area contributed by atoms with Gasteiger partial charge in [0.05, 0.1) is 17.1 Å². The molecule has 6 nitrogen and oxygen atoms in total. The number of rotatable bonds is 3. The summed E-state index contributed by atoms with van der Waals surface area (Å²) in [6, 6.07) is 4.94. The molecule has 1 aromatic heterocycles. The van der Waals surface area contributed by atoms with Crippen LogP contribution < -0.4 is 11.1 Å². The van der Waals surface area contributed by atoms with Gasteiger partial charge in [0.2, 0.25) is 5.91 Å². The summed E-state index contributed by atoms with van der Waals surface area (Å²) in [5, 5.41) is 2.86. The largest absolute Gasteiger partial charge is 0.381 e. The lowest BCUT2D eigenvalue weighted by molar-refractivity contribution is -0.119. The van der Waals surface area contributed by atoms with Crippen LogP contribution in [0.5, 0.6) is 0 Å². The van der Waals surface area contributed by atoms with E-state index >= 15 is 0 Å². The van der Waals surface area contributed by atoms with Crippen molar-refractivity contribution in [2.45, 2.75) is 18.9 Å². The maximum atomic E-state index is 12.2. The minimum atomic E-state index is -0.508. The molecule has 1 fully saturated rings. The van der Waals surface area contributed by atoms with Crippen LogP contribution in [-0.2, 0) is 9.53 Å². The molecule has 0 saturated carbocycles. The first-order chi connectivity index (χ1) is 10.2. The fraction of sp³-hybridized carbons (Fsp3) is 0.400. The lowest BCUT2D eigenvalue weighted by atomic mass is 9.92. The van der Waals surface area contributed by atoms with E-state index in [1.54, 1.807) is 18.5 Å². The normalized spacial score (nSPS) is 16.8. The second-order valence-electron chi connectivity index (χ2n) is 5.22. The molecule has 1 unspecified atom stereocenters. The SMILES string of the molecule is Cl.NC(C(=O)Nc1ccc2nccnc2c1)C1CCOCC1. The van der Waals surface area contributed by atoms with E-state index in [9.17, 15) is 4.79 Å². The smallest absolute Gasteiger partial charge is 0.241 e. The molecule has 7 heteroatoms. The topological polar surface area (TPSA) is 90.1 Å². The number of anilines is 1. The van der Waals surface area contributed by atoms with Crippen LogP contribution in [0.4, 0.5) is 5.69 Å². The number of nitrogens with zero attached hydrogens (tertiary/aromatic N) is 2. The summed E-state index contributed by atoms with van der Waals surface area (Å²) in [6.07, 6.45) is 4.93. The fourth-order valence-electron chi connectivity index (χ4n) is 2.56. The number of hydrogen-bond donors (Lipinski definition) is 2. The molecule has 0 aliphatic carbocycles. The summed E-state index contributed by atoms with van der Waals surface area (Å²) in [4.78, 5) is 20.7. The Morgan fingerprint density at radius 2 is 1.91 bits per heavy atom. The van der Waals surface area contributed by atoms with Gasteiger partial charge in [-0.2, -0.15) is 0 Å². The van der Waals surface area contributed by atoms with Crippen molar-refractivity contribution in [3.05, 3.63) is 30.6 Å². The highest BCUT2D eigenvalue weighted by Gasteiger charge is 2.26. The average Bonchev–Trinajstić information content (AvgIpc) is 2.55. The maximum absolute atomic E-state index is 12.2. The Hall–Kier alpha value is -1.76. The number of nitrogens with one attached hydrogen (secondary N) is 1. The zero-order valence-corrected chi connectivity index (χ0v) is 12.9. The lowest BCUT2D eigenvalue weighted by Crippen LogP contribution is -2.44. The Labute approximate surface area is 134 Å². The Bertz CT molecular complexity index is 646. The minimum Gasteiger partial charge on any atom is -0.381 e. The first-order valence-corrected chi connectivity index (χ1v) is 7.09. The monoisotopic (exact) mass is 322 g/mol. The Balaban J connectivity index is 0.00000176. The van der Waals surface area contributed by atoms with E-state index in [-0.39, 0.29) is 24.2 Å². The van der Waals surface area contributed by atoms with E-state index in [0.717, 1.165) is 23.9 Å². The fourth-order valence-corrected chi connectivity index (χ4v) is 2.56. The number of nitrogens with two attached hydrogens (primary N) is 1. The van der Waals surface area contributed by atoms with Crippen molar-refractivity contribution in [1.82, 2.24) is 9.97 Å². The van der Waals surface area contributed by atoms with Gasteiger partial charge < -0.3 is 15.8 Å². The Kier molecular flexibility index (Phi) is 5.65. The molecule has 1 amide bonds. The van der Waals surface area contributed by atoms with E-state index in [1.807, 2.05) is 12.1 Å². The highest BCUT2D eigenvalue weighted by Crippen LogP contribution is 2.20. The van der Waals surface area contributed by atoms with Gasteiger partial charge in [0, 0.05) is 31.3 Å². The molecule has 2 aromatic rings. The molecule has 1 aromatic carbocycles. The van der Waals surface area contributed by atoms with Crippen LogP contribution >= 0.6 is 12.4 Å². The number of fused-ring (bicyclic) bond motifs is 1. The van der Waals surface area contributed by atoms with Crippen LogP contribution in [0, 0.1) is 5.92 Å². The molecule has 0 spiro atoms. The first kappa shape index (κ1) is 16.6. The number of halogens is 1. The second-order valence-corrected chi connectivity index (χ2v) is 5.22. The molecule has 1 saturated heterocycles. The molecule has 2 heterocycles. The van der Waals surface area contributed by atoms with E-state index in [1.165, 1.54) is 0 Å². The molecule has 1 atom stereocenters. The Morgan fingerprint density at radius 3 is 2.64 bits per heavy atom. The minimum absolute atomic E-state index is 0. The van der Waals surface area contributed by atoms with Gasteiger partial charge in [-0.1, -0.05) is 0 Å². The van der Waals surface area contributed by atoms with Gasteiger partial charge in [-0.15, -0.1) is 12.4 Å². The quantitative estimate of drug-likeness (QED) is 0.898. The van der Waals surface area contributed by atoms with Gasteiger partial charge in [0.1, 0.15) is 0 Å². The highest BCUT2D eigenvalue weighted by molar-refractivity contribution is 5.96. The third-order valence-electron chi connectivity index (χ3n) is 3.81. The Morgan fingerprint density at radius 1 is 1.23 bits per heavy atom. The summed E-state index contributed by atoms with van der Waals surface area (Å²) < 4.78 is 5.29. The number of carbonyl (C=O) groups is 1. The molecule has 1 aliphatic heterocycles. The molecule has 3 rings (SSSR count). The second kappa shape index (κ2) is 7.49. The van der Waals surface area contributed by atoms with Crippen LogP contribution in [-0.4, -0.2) is 35.1 Å².